The Balaban J connectivity index is 1.49. The standard InChI is InChI=1S/C22H20F3N3O2/c1-13(2)14-5-9-18(10-6-14)28-12-16(11-19(28)29)20-26-21(30-27-20)15-3-7-17(8-4-15)22(23,24)25/h3-10,13,16H,11-12H2,1-2H3. The second-order valence-corrected chi connectivity index (χ2v) is 7.68. The number of carbonyl (C=O) groups excluding carboxylic acids is 1. The summed E-state index contributed by atoms with van der Waals surface area (Å²) in [6.45, 7) is 4.64. The lowest BCUT2D eigenvalue weighted by Crippen LogP contribution is -2.24. The number of halogens is 3. The summed E-state index contributed by atoms with van der Waals surface area (Å²) in [5.41, 5.74) is 1.67. The van der Waals surface area contributed by atoms with Crippen LogP contribution in [0.5, 0.6) is 0 Å². The number of aromatic nitrogens is 2. The molecule has 1 fully saturated rings. The summed E-state index contributed by atoms with van der Waals surface area (Å²) in [7, 11) is 0. The van der Waals surface area contributed by atoms with Crippen molar-refractivity contribution in [1.82, 2.24) is 10.1 Å². The molecule has 1 aromatic heterocycles. The Morgan fingerprint density at radius 3 is 2.33 bits per heavy atom. The third kappa shape index (κ3) is 3.94. The van der Waals surface area contributed by atoms with E-state index in [2.05, 4.69) is 24.0 Å². The Labute approximate surface area is 171 Å². The van der Waals surface area contributed by atoms with Crippen molar-refractivity contribution in [2.75, 3.05) is 11.4 Å². The van der Waals surface area contributed by atoms with Crippen molar-refractivity contribution in [3.8, 4) is 11.5 Å². The van der Waals surface area contributed by atoms with E-state index in [0.29, 0.717) is 23.9 Å². The zero-order valence-electron chi connectivity index (χ0n) is 16.5. The van der Waals surface area contributed by atoms with E-state index in [9.17, 15) is 18.0 Å². The first-order chi connectivity index (χ1) is 14.2. The van der Waals surface area contributed by atoms with Crippen molar-refractivity contribution in [3.63, 3.8) is 0 Å². The van der Waals surface area contributed by atoms with E-state index in [4.69, 9.17) is 4.52 Å². The van der Waals surface area contributed by atoms with E-state index >= 15 is 0 Å². The summed E-state index contributed by atoms with van der Waals surface area (Å²) in [6.07, 6.45) is -4.16. The van der Waals surface area contributed by atoms with Crippen LogP contribution in [0, 0.1) is 0 Å². The fourth-order valence-corrected chi connectivity index (χ4v) is 3.49. The second-order valence-electron chi connectivity index (χ2n) is 7.68. The van der Waals surface area contributed by atoms with Gasteiger partial charge in [-0.2, -0.15) is 18.2 Å². The minimum absolute atomic E-state index is 0.0295. The molecule has 1 amide bonds. The Kier molecular flexibility index (Phi) is 5.09. The highest BCUT2D eigenvalue weighted by Crippen LogP contribution is 2.33. The van der Waals surface area contributed by atoms with Crippen LogP contribution < -0.4 is 4.90 Å². The summed E-state index contributed by atoms with van der Waals surface area (Å²) in [5.74, 6) is 0.641. The highest BCUT2D eigenvalue weighted by molar-refractivity contribution is 5.96. The number of anilines is 1. The number of carbonyl (C=O) groups is 1. The fourth-order valence-electron chi connectivity index (χ4n) is 3.49. The van der Waals surface area contributed by atoms with Crippen LogP contribution in [0.25, 0.3) is 11.5 Å². The van der Waals surface area contributed by atoms with Gasteiger partial charge in [0.2, 0.25) is 5.91 Å². The molecule has 1 aliphatic rings. The lowest BCUT2D eigenvalue weighted by Gasteiger charge is -2.17. The maximum absolute atomic E-state index is 12.7. The number of amides is 1. The predicted octanol–water partition coefficient (Wildman–Crippen LogP) is 5.40. The van der Waals surface area contributed by atoms with E-state index in [-0.39, 0.29) is 24.1 Å². The number of rotatable bonds is 4. The molecule has 4 rings (SSSR count). The number of hydrogen-bond donors (Lipinski definition) is 0. The molecule has 8 heteroatoms. The predicted molar refractivity (Wildman–Crippen MR) is 105 cm³/mol. The van der Waals surface area contributed by atoms with Crippen molar-refractivity contribution in [3.05, 3.63) is 65.5 Å². The van der Waals surface area contributed by atoms with Crippen LogP contribution in [0.15, 0.2) is 53.1 Å². The molecule has 0 aliphatic carbocycles. The average molecular weight is 415 g/mol. The van der Waals surface area contributed by atoms with Gasteiger partial charge < -0.3 is 9.42 Å². The lowest BCUT2D eigenvalue weighted by molar-refractivity contribution is -0.137. The maximum Gasteiger partial charge on any atom is 0.416 e. The Morgan fingerprint density at radius 1 is 1.07 bits per heavy atom. The van der Waals surface area contributed by atoms with Crippen LogP contribution in [0.4, 0.5) is 18.9 Å². The smallest absolute Gasteiger partial charge is 0.334 e. The van der Waals surface area contributed by atoms with Gasteiger partial charge in [-0.1, -0.05) is 31.1 Å². The Morgan fingerprint density at radius 2 is 1.73 bits per heavy atom. The van der Waals surface area contributed by atoms with Crippen molar-refractivity contribution < 1.29 is 22.5 Å². The van der Waals surface area contributed by atoms with Crippen molar-refractivity contribution in [2.45, 2.75) is 38.3 Å². The number of hydrogen-bond acceptors (Lipinski definition) is 4. The summed E-state index contributed by atoms with van der Waals surface area (Å²) in [5, 5.41) is 3.96. The second kappa shape index (κ2) is 7.59. The van der Waals surface area contributed by atoms with Gasteiger partial charge in [0.1, 0.15) is 0 Å². The molecule has 156 valence electrons. The molecular formula is C22H20F3N3O2. The number of nitrogens with zero attached hydrogens (tertiary/aromatic N) is 3. The van der Waals surface area contributed by atoms with Crippen molar-refractivity contribution in [1.29, 1.82) is 0 Å². The van der Waals surface area contributed by atoms with Crippen LogP contribution in [-0.4, -0.2) is 22.6 Å². The molecule has 0 saturated carbocycles. The molecule has 0 radical (unpaired) electrons. The molecule has 1 saturated heterocycles. The van der Waals surface area contributed by atoms with Crippen molar-refractivity contribution >= 4 is 11.6 Å². The van der Waals surface area contributed by atoms with Gasteiger partial charge in [0.05, 0.1) is 5.56 Å². The highest BCUT2D eigenvalue weighted by atomic mass is 19.4. The molecule has 0 spiro atoms. The van der Waals surface area contributed by atoms with Crippen LogP contribution >= 0.6 is 0 Å². The SMILES string of the molecule is CC(C)c1ccc(N2CC(c3noc(-c4ccc(C(F)(F)F)cc4)n3)CC2=O)cc1. The first-order valence-electron chi connectivity index (χ1n) is 9.64. The Hall–Kier alpha value is -3.16. The minimum Gasteiger partial charge on any atom is -0.334 e. The minimum atomic E-state index is -4.40. The van der Waals surface area contributed by atoms with Gasteiger partial charge in [0, 0.05) is 30.1 Å². The Bertz CT molecular complexity index is 1040. The molecule has 30 heavy (non-hydrogen) atoms. The third-order valence-electron chi connectivity index (χ3n) is 5.26. The summed E-state index contributed by atoms with van der Waals surface area (Å²) < 4.78 is 43.4. The maximum atomic E-state index is 12.7. The quantitative estimate of drug-likeness (QED) is 0.573. The van der Waals surface area contributed by atoms with Crippen LogP contribution in [0.3, 0.4) is 0 Å². The molecule has 2 heterocycles. The molecule has 5 nitrogen and oxygen atoms in total. The van der Waals surface area contributed by atoms with Crippen LogP contribution in [-0.2, 0) is 11.0 Å². The van der Waals surface area contributed by atoms with Gasteiger partial charge in [-0.15, -0.1) is 0 Å². The van der Waals surface area contributed by atoms with E-state index in [0.717, 1.165) is 17.8 Å². The van der Waals surface area contributed by atoms with Gasteiger partial charge >= 0.3 is 6.18 Å². The molecular weight excluding hydrogens is 395 g/mol. The average Bonchev–Trinajstić information content (AvgIpc) is 3.34. The molecule has 1 unspecified atom stereocenters. The molecule has 0 bridgehead atoms. The molecule has 0 N–H and O–H groups in total. The van der Waals surface area contributed by atoms with Crippen LogP contribution in [0.1, 0.15) is 49.1 Å². The lowest BCUT2D eigenvalue weighted by atomic mass is 10.0. The number of benzene rings is 2. The molecule has 1 atom stereocenters. The van der Waals surface area contributed by atoms with Gasteiger partial charge in [0.25, 0.3) is 5.89 Å². The molecule has 3 aromatic rings. The largest absolute Gasteiger partial charge is 0.416 e. The zero-order valence-corrected chi connectivity index (χ0v) is 16.5. The third-order valence-corrected chi connectivity index (χ3v) is 5.26. The summed E-state index contributed by atoms with van der Waals surface area (Å²) in [4.78, 5) is 18.5. The monoisotopic (exact) mass is 415 g/mol. The van der Waals surface area contributed by atoms with E-state index < -0.39 is 11.7 Å². The van der Waals surface area contributed by atoms with Crippen LogP contribution in [0.2, 0.25) is 0 Å². The highest BCUT2D eigenvalue weighted by Gasteiger charge is 2.35. The van der Waals surface area contributed by atoms with Gasteiger partial charge in [-0.3, -0.25) is 4.79 Å². The van der Waals surface area contributed by atoms with Crippen molar-refractivity contribution in [2.24, 2.45) is 0 Å². The van der Waals surface area contributed by atoms with E-state index in [1.165, 1.54) is 17.7 Å². The first-order valence-corrected chi connectivity index (χ1v) is 9.64. The van der Waals surface area contributed by atoms with Gasteiger partial charge in [0.15, 0.2) is 5.82 Å². The summed E-state index contributed by atoms with van der Waals surface area (Å²) >= 11 is 0. The van der Waals surface area contributed by atoms with E-state index in [1.807, 2.05) is 24.3 Å². The van der Waals surface area contributed by atoms with Gasteiger partial charge in [-0.05, 0) is 47.9 Å². The molecule has 2 aromatic carbocycles. The topological polar surface area (TPSA) is 59.2 Å². The zero-order chi connectivity index (χ0) is 21.5. The fraction of sp³-hybridized carbons (Fsp3) is 0.318. The summed E-state index contributed by atoms with van der Waals surface area (Å²) in [6, 6.07) is 12.4. The number of alkyl halides is 3. The van der Waals surface area contributed by atoms with Gasteiger partial charge in [-0.25, -0.2) is 0 Å². The first kappa shape index (κ1) is 20.1. The van der Waals surface area contributed by atoms with E-state index in [1.54, 1.807) is 4.90 Å². The molecule has 1 aliphatic heterocycles. The normalized spacial score (nSPS) is 17.2.